The van der Waals surface area contributed by atoms with Crippen molar-refractivity contribution in [3.05, 3.63) is 70.4 Å². The lowest BCUT2D eigenvalue weighted by Gasteiger charge is -2.29. The van der Waals surface area contributed by atoms with E-state index in [9.17, 15) is 31.5 Å². The standard InChI is InChI=1S/C22H17ClF3N3O4S/c1-34(32,33)28-18-10-15(3-5-19(18)30)29-7-6-12-8-13(2-4-16(12)21(29)31)20-17(23)9-14(11-27-20)22(24,25)26/h2-5,8-11,28,30H,6-7H2,1H3. The van der Waals surface area contributed by atoms with E-state index < -0.39 is 21.8 Å². The van der Waals surface area contributed by atoms with Crippen molar-refractivity contribution in [1.29, 1.82) is 0 Å². The smallest absolute Gasteiger partial charge is 0.417 e. The first kappa shape index (κ1) is 23.8. The number of carbonyl (C=O) groups is 1. The van der Waals surface area contributed by atoms with Gasteiger partial charge in [-0.3, -0.25) is 14.5 Å². The van der Waals surface area contributed by atoms with E-state index in [1.54, 1.807) is 18.2 Å². The predicted octanol–water partition coefficient (Wildman–Crippen LogP) is 4.70. The van der Waals surface area contributed by atoms with E-state index in [0.717, 1.165) is 12.3 Å². The van der Waals surface area contributed by atoms with Crippen LogP contribution in [0.4, 0.5) is 24.5 Å². The fraction of sp³-hybridized carbons (Fsp3) is 0.182. The summed E-state index contributed by atoms with van der Waals surface area (Å²) < 4.78 is 63.9. The van der Waals surface area contributed by atoms with E-state index in [1.807, 2.05) is 0 Å². The number of nitrogens with zero attached hydrogens (tertiary/aromatic N) is 2. The van der Waals surface area contributed by atoms with Crippen molar-refractivity contribution in [3.8, 4) is 17.0 Å². The Kier molecular flexibility index (Phi) is 5.94. The highest BCUT2D eigenvalue weighted by molar-refractivity contribution is 7.92. The van der Waals surface area contributed by atoms with Gasteiger partial charge in [0.2, 0.25) is 10.0 Å². The summed E-state index contributed by atoms with van der Waals surface area (Å²) in [7, 11) is -3.65. The summed E-state index contributed by atoms with van der Waals surface area (Å²) >= 11 is 6.05. The summed E-state index contributed by atoms with van der Waals surface area (Å²) in [5, 5.41) is 9.77. The average molecular weight is 512 g/mol. The summed E-state index contributed by atoms with van der Waals surface area (Å²) in [5.74, 6) is -0.639. The number of alkyl halides is 3. The Labute approximate surface area is 197 Å². The number of amides is 1. The molecule has 1 aliphatic rings. The fourth-order valence-electron chi connectivity index (χ4n) is 3.66. The molecule has 0 fully saturated rings. The third-order valence-corrected chi connectivity index (χ3v) is 6.09. The van der Waals surface area contributed by atoms with Gasteiger partial charge >= 0.3 is 6.18 Å². The Bertz CT molecular complexity index is 1410. The van der Waals surface area contributed by atoms with Crippen LogP contribution in [0.5, 0.6) is 5.75 Å². The molecule has 1 aliphatic heterocycles. The Morgan fingerprint density at radius 1 is 1.15 bits per heavy atom. The van der Waals surface area contributed by atoms with Crippen LogP contribution in [0.3, 0.4) is 0 Å². The van der Waals surface area contributed by atoms with Gasteiger partial charge in [0.1, 0.15) is 5.75 Å². The first-order valence-corrected chi connectivity index (χ1v) is 12.1. The lowest BCUT2D eigenvalue weighted by Crippen LogP contribution is -2.37. The third-order valence-electron chi connectivity index (χ3n) is 5.21. The number of nitrogens with one attached hydrogen (secondary N) is 1. The number of aromatic nitrogens is 1. The normalized spacial score (nSPS) is 14.1. The number of hydrogen-bond acceptors (Lipinski definition) is 5. The van der Waals surface area contributed by atoms with Crippen LogP contribution in [-0.4, -0.2) is 37.2 Å². The molecule has 0 atom stereocenters. The number of fused-ring (bicyclic) bond motifs is 1. The molecule has 34 heavy (non-hydrogen) atoms. The number of halogens is 4. The van der Waals surface area contributed by atoms with Crippen LogP contribution in [0.15, 0.2) is 48.7 Å². The second kappa shape index (κ2) is 8.48. The van der Waals surface area contributed by atoms with Crippen LogP contribution in [-0.2, 0) is 22.6 Å². The van der Waals surface area contributed by atoms with E-state index >= 15 is 0 Å². The minimum Gasteiger partial charge on any atom is -0.506 e. The van der Waals surface area contributed by atoms with Crippen LogP contribution < -0.4 is 9.62 Å². The van der Waals surface area contributed by atoms with Gasteiger partial charge < -0.3 is 10.0 Å². The van der Waals surface area contributed by atoms with Gasteiger partial charge in [-0.05, 0) is 48.4 Å². The molecule has 0 saturated carbocycles. The molecule has 1 amide bonds. The van der Waals surface area contributed by atoms with E-state index in [2.05, 4.69) is 9.71 Å². The average Bonchev–Trinajstić information content (AvgIpc) is 2.74. The molecule has 0 aliphatic carbocycles. The van der Waals surface area contributed by atoms with Crippen molar-refractivity contribution in [2.45, 2.75) is 12.6 Å². The highest BCUT2D eigenvalue weighted by Gasteiger charge is 2.32. The van der Waals surface area contributed by atoms with Crippen LogP contribution in [0, 0.1) is 0 Å². The van der Waals surface area contributed by atoms with Crippen molar-refractivity contribution in [1.82, 2.24) is 4.98 Å². The van der Waals surface area contributed by atoms with Crippen molar-refractivity contribution in [3.63, 3.8) is 0 Å². The summed E-state index contributed by atoms with van der Waals surface area (Å²) in [6.45, 7) is 0.256. The predicted molar refractivity (Wildman–Crippen MR) is 122 cm³/mol. The number of carbonyl (C=O) groups excluding carboxylic acids is 1. The first-order valence-electron chi connectivity index (χ1n) is 9.82. The zero-order chi connectivity index (χ0) is 24.8. The molecule has 2 aromatic carbocycles. The summed E-state index contributed by atoms with van der Waals surface area (Å²) in [4.78, 5) is 18.4. The van der Waals surface area contributed by atoms with E-state index in [-0.39, 0.29) is 34.6 Å². The van der Waals surface area contributed by atoms with Crippen molar-refractivity contribution < 1.29 is 31.5 Å². The third kappa shape index (κ3) is 4.80. The Hall–Kier alpha value is -3.31. The molecular weight excluding hydrogens is 495 g/mol. The number of benzene rings is 2. The van der Waals surface area contributed by atoms with Gasteiger partial charge in [-0.1, -0.05) is 17.7 Å². The lowest BCUT2D eigenvalue weighted by molar-refractivity contribution is -0.137. The molecule has 7 nitrogen and oxygen atoms in total. The Balaban J connectivity index is 1.64. The van der Waals surface area contributed by atoms with Gasteiger partial charge in [0.15, 0.2) is 0 Å². The van der Waals surface area contributed by atoms with Gasteiger partial charge in [0, 0.05) is 29.6 Å². The second-order valence-corrected chi connectivity index (χ2v) is 9.86. The number of phenols is 1. The van der Waals surface area contributed by atoms with E-state index in [4.69, 9.17) is 11.6 Å². The van der Waals surface area contributed by atoms with Crippen LogP contribution in [0.2, 0.25) is 5.02 Å². The molecule has 0 radical (unpaired) electrons. The van der Waals surface area contributed by atoms with Crippen LogP contribution >= 0.6 is 11.6 Å². The molecule has 0 spiro atoms. The molecule has 12 heteroatoms. The first-order chi connectivity index (χ1) is 15.8. The summed E-state index contributed by atoms with van der Waals surface area (Å²) in [6, 6.07) is 9.71. The SMILES string of the molecule is CS(=O)(=O)Nc1cc(N2CCc3cc(-c4ncc(C(F)(F)F)cc4Cl)ccc3C2=O)ccc1O. The zero-order valence-electron chi connectivity index (χ0n) is 17.5. The van der Waals surface area contributed by atoms with E-state index in [0.29, 0.717) is 35.0 Å². The van der Waals surface area contributed by atoms with Gasteiger partial charge in [0.05, 0.1) is 28.2 Å². The van der Waals surface area contributed by atoms with Gasteiger partial charge in [0.25, 0.3) is 5.91 Å². The van der Waals surface area contributed by atoms with Crippen molar-refractivity contribution in [2.24, 2.45) is 0 Å². The number of phenolic OH excluding ortho intramolecular Hbond substituents is 1. The minimum atomic E-state index is -4.56. The lowest BCUT2D eigenvalue weighted by atomic mass is 9.95. The number of aromatic hydroxyl groups is 1. The molecule has 2 N–H and O–H groups in total. The molecular formula is C22H17ClF3N3O4S. The quantitative estimate of drug-likeness (QED) is 0.495. The van der Waals surface area contributed by atoms with Crippen molar-refractivity contribution in [2.75, 3.05) is 22.4 Å². The highest BCUT2D eigenvalue weighted by Crippen LogP contribution is 2.36. The Morgan fingerprint density at radius 3 is 2.53 bits per heavy atom. The summed E-state index contributed by atoms with van der Waals surface area (Å²) in [5.41, 5.74) is 1.07. The topological polar surface area (TPSA) is 99.6 Å². The number of rotatable bonds is 4. The largest absolute Gasteiger partial charge is 0.506 e. The molecule has 2 heterocycles. The van der Waals surface area contributed by atoms with Crippen molar-refractivity contribution >= 4 is 38.9 Å². The molecule has 3 aromatic rings. The van der Waals surface area contributed by atoms with Gasteiger partial charge in [-0.2, -0.15) is 13.2 Å². The molecule has 4 rings (SSSR count). The zero-order valence-corrected chi connectivity index (χ0v) is 19.1. The van der Waals surface area contributed by atoms with Crippen LogP contribution in [0.25, 0.3) is 11.3 Å². The second-order valence-electron chi connectivity index (χ2n) is 7.71. The number of hydrogen-bond donors (Lipinski definition) is 2. The summed E-state index contributed by atoms with van der Waals surface area (Å²) in [6.07, 6.45) is -2.49. The van der Waals surface area contributed by atoms with E-state index in [1.165, 1.54) is 23.1 Å². The molecule has 0 saturated heterocycles. The molecule has 1 aromatic heterocycles. The fourth-order valence-corrected chi connectivity index (χ4v) is 4.50. The minimum absolute atomic E-state index is 0.0584. The maximum atomic E-state index is 13.1. The molecule has 0 bridgehead atoms. The van der Waals surface area contributed by atoms with Crippen LogP contribution in [0.1, 0.15) is 21.5 Å². The number of sulfonamides is 1. The monoisotopic (exact) mass is 511 g/mol. The Morgan fingerprint density at radius 2 is 1.88 bits per heavy atom. The molecule has 0 unspecified atom stereocenters. The highest BCUT2D eigenvalue weighted by atomic mass is 35.5. The number of anilines is 2. The number of pyridine rings is 1. The molecule has 178 valence electrons. The van der Waals surface area contributed by atoms with Gasteiger partial charge in [-0.15, -0.1) is 0 Å². The van der Waals surface area contributed by atoms with Gasteiger partial charge in [-0.25, -0.2) is 8.42 Å². The maximum absolute atomic E-state index is 13.1. The maximum Gasteiger partial charge on any atom is 0.417 e.